The van der Waals surface area contributed by atoms with Crippen molar-refractivity contribution in [1.82, 2.24) is 10.1 Å². The highest BCUT2D eigenvalue weighted by Gasteiger charge is 2.17. The first-order valence-electron chi connectivity index (χ1n) is 5.05. The summed E-state index contributed by atoms with van der Waals surface area (Å²) < 4.78 is 31.3. The Kier molecular flexibility index (Phi) is 3.38. The lowest BCUT2D eigenvalue weighted by Gasteiger charge is -1.97. The molecule has 2 rings (SSSR count). The number of hydrogen-bond acceptors (Lipinski definition) is 3. The Balaban J connectivity index is 2.40. The van der Waals surface area contributed by atoms with E-state index in [1.165, 1.54) is 0 Å². The second-order valence-electron chi connectivity index (χ2n) is 3.46. The molecule has 6 heteroatoms. The molecule has 17 heavy (non-hydrogen) atoms. The highest BCUT2D eigenvalue weighted by molar-refractivity contribution is 6.20. The Morgan fingerprint density at radius 1 is 1.41 bits per heavy atom. The van der Waals surface area contributed by atoms with Crippen LogP contribution in [0, 0.1) is 11.6 Å². The van der Waals surface area contributed by atoms with Gasteiger partial charge in [-0.1, -0.05) is 12.1 Å². The zero-order valence-electron chi connectivity index (χ0n) is 8.95. The third-order valence-electron chi connectivity index (χ3n) is 2.24. The molecule has 3 nitrogen and oxygen atoms in total. The minimum absolute atomic E-state index is 0.0660. The van der Waals surface area contributed by atoms with Gasteiger partial charge in [0.25, 0.3) is 5.89 Å². The first-order chi connectivity index (χ1) is 8.11. The normalized spacial score (nSPS) is 12.7. The molecule has 1 atom stereocenters. The Labute approximate surface area is 101 Å². The minimum atomic E-state index is -0.621. The number of alkyl halides is 1. The molecule has 1 unspecified atom stereocenters. The number of halogens is 3. The number of nitrogens with zero attached hydrogens (tertiary/aromatic N) is 2. The van der Waals surface area contributed by atoms with Gasteiger partial charge >= 0.3 is 0 Å². The Hall–Kier alpha value is -1.49. The highest BCUT2D eigenvalue weighted by atomic mass is 35.5. The molecule has 1 aromatic carbocycles. The van der Waals surface area contributed by atoms with Crippen molar-refractivity contribution < 1.29 is 13.3 Å². The van der Waals surface area contributed by atoms with Gasteiger partial charge in [-0.05, 0) is 24.6 Å². The highest BCUT2D eigenvalue weighted by Crippen LogP contribution is 2.26. The summed E-state index contributed by atoms with van der Waals surface area (Å²) >= 11 is 5.91. The lowest BCUT2D eigenvalue weighted by Crippen LogP contribution is -1.91. The summed E-state index contributed by atoms with van der Waals surface area (Å²) in [7, 11) is 0. The molecule has 0 bridgehead atoms. The van der Waals surface area contributed by atoms with E-state index in [-0.39, 0.29) is 17.3 Å². The van der Waals surface area contributed by atoms with E-state index in [0.29, 0.717) is 6.42 Å². The number of rotatable bonds is 3. The van der Waals surface area contributed by atoms with Gasteiger partial charge in [-0.15, -0.1) is 11.6 Å². The Bertz CT molecular complexity index is 530. The average molecular weight is 259 g/mol. The van der Waals surface area contributed by atoms with Crippen molar-refractivity contribution in [3.63, 3.8) is 0 Å². The molecule has 0 aliphatic carbocycles. The van der Waals surface area contributed by atoms with Gasteiger partial charge in [0.15, 0.2) is 5.82 Å². The van der Waals surface area contributed by atoms with Crippen LogP contribution >= 0.6 is 11.6 Å². The predicted molar refractivity (Wildman–Crippen MR) is 58.5 cm³/mol. The maximum absolute atomic E-state index is 13.4. The quantitative estimate of drug-likeness (QED) is 0.788. The molecule has 0 aliphatic heterocycles. The maximum Gasteiger partial charge on any atom is 0.261 e. The summed E-state index contributed by atoms with van der Waals surface area (Å²) in [4.78, 5) is 3.94. The third kappa shape index (κ3) is 2.44. The van der Waals surface area contributed by atoms with Crippen LogP contribution in [0.25, 0.3) is 11.5 Å². The molecule has 90 valence electrons. The van der Waals surface area contributed by atoms with Gasteiger partial charge in [0.2, 0.25) is 0 Å². The Morgan fingerprint density at radius 2 is 2.18 bits per heavy atom. The van der Waals surface area contributed by atoms with Crippen LogP contribution in [0.4, 0.5) is 8.78 Å². The molecule has 0 N–H and O–H groups in total. The van der Waals surface area contributed by atoms with E-state index < -0.39 is 17.0 Å². The summed E-state index contributed by atoms with van der Waals surface area (Å²) in [5, 5.41) is 3.23. The first kappa shape index (κ1) is 12.0. The summed E-state index contributed by atoms with van der Waals surface area (Å²) in [5.41, 5.74) is -0.0660. The van der Waals surface area contributed by atoms with Crippen LogP contribution in [0.15, 0.2) is 22.7 Å². The van der Waals surface area contributed by atoms with Gasteiger partial charge in [0, 0.05) is 0 Å². The molecular weight excluding hydrogens is 250 g/mol. The largest absolute Gasteiger partial charge is 0.334 e. The summed E-state index contributed by atoms with van der Waals surface area (Å²) in [6.07, 6.45) is 0.617. The zero-order chi connectivity index (χ0) is 12.4. The van der Waals surface area contributed by atoms with E-state index in [1.807, 2.05) is 6.92 Å². The van der Waals surface area contributed by atoms with Crippen LogP contribution in [-0.2, 0) is 0 Å². The van der Waals surface area contributed by atoms with Crippen LogP contribution < -0.4 is 0 Å². The van der Waals surface area contributed by atoms with Crippen molar-refractivity contribution >= 4 is 11.6 Å². The summed E-state index contributed by atoms with van der Waals surface area (Å²) in [5.74, 6) is -0.993. The molecule has 0 aliphatic rings. The van der Waals surface area contributed by atoms with E-state index in [1.54, 1.807) is 0 Å². The Morgan fingerprint density at radius 3 is 2.88 bits per heavy atom. The number of hydrogen-bond donors (Lipinski definition) is 0. The SMILES string of the molecule is CCC(Cl)c1noc(-c2cc(F)ccc2F)n1. The van der Waals surface area contributed by atoms with Crippen molar-refractivity contribution in [2.75, 3.05) is 0 Å². The van der Waals surface area contributed by atoms with Crippen molar-refractivity contribution in [2.24, 2.45) is 0 Å². The fourth-order valence-corrected chi connectivity index (χ4v) is 1.40. The van der Waals surface area contributed by atoms with Crippen LogP contribution in [0.5, 0.6) is 0 Å². The summed E-state index contributed by atoms with van der Waals surface area (Å²) in [6, 6.07) is 3.03. The van der Waals surface area contributed by atoms with Crippen molar-refractivity contribution in [1.29, 1.82) is 0 Å². The van der Waals surface area contributed by atoms with E-state index in [4.69, 9.17) is 16.1 Å². The third-order valence-corrected chi connectivity index (χ3v) is 2.74. The lowest BCUT2D eigenvalue weighted by molar-refractivity contribution is 0.418. The van der Waals surface area contributed by atoms with Gasteiger partial charge in [0.05, 0.1) is 10.9 Å². The molecule has 0 saturated carbocycles. The fraction of sp³-hybridized carbons (Fsp3) is 0.273. The van der Waals surface area contributed by atoms with Gasteiger partial charge in [0.1, 0.15) is 11.6 Å². The van der Waals surface area contributed by atoms with E-state index in [2.05, 4.69) is 10.1 Å². The van der Waals surface area contributed by atoms with Crippen LogP contribution in [0.3, 0.4) is 0 Å². The molecule has 2 aromatic rings. The molecule has 0 fully saturated rings. The van der Waals surface area contributed by atoms with Crippen LogP contribution in [0.2, 0.25) is 0 Å². The minimum Gasteiger partial charge on any atom is -0.334 e. The molecule has 0 amide bonds. The van der Waals surface area contributed by atoms with Gasteiger partial charge in [-0.2, -0.15) is 4.98 Å². The first-order valence-corrected chi connectivity index (χ1v) is 5.48. The molecule has 1 heterocycles. The molecule has 0 saturated heterocycles. The summed E-state index contributed by atoms with van der Waals surface area (Å²) in [6.45, 7) is 1.86. The maximum atomic E-state index is 13.4. The van der Waals surface area contributed by atoms with Gasteiger partial charge in [-0.3, -0.25) is 0 Å². The zero-order valence-corrected chi connectivity index (χ0v) is 9.71. The predicted octanol–water partition coefficient (Wildman–Crippen LogP) is 3.70. The topological polar surface area (TPSA) is 38.9 Å². The van der Waals surface area contributed by atoms with Crippen LogP contribution in [-0.4, -0.2) is 10.1 Å². The van der Waals surface area contributed by atoms with Crippen molar-refractivity contribution in [2.45, 2.75) is 18.7 Å². The van der Waals surface area contributed by atoms with Crippen molar-refractivity contribution in [3.8, 4) is 11.5 Å². The lowest BCUT2D eigenvalue weighted by atomic mass is 10.2. The van der Waals surface area contributed by atoms with E-state index >= 15 is 0 Å². The second kappa shape index (κ2) is 4.79. The van der Waals surface area contributed by atoms with Gasteiger partial charge in [-0.25, -0.2) is 8.78 Å². The van der Waals surface area contributed by atoms with Crippen molar-refractivity contribution in [3.05, 3.63) is 35.7 Å². The number of aromatic nitrogens is 2. The molecule has 1 aromatic heterocycles. The second-order valence-corrected chi connectivity index (χ2v) is 3.98. The molecule has 0 radical (unpaired) electrons. The number of benzene rings is 1. The monoisotopic (exact) mass is 258 g/mol. The van der Waals surface area contributed by atoms with Gasteiger partial charge < -0.3 is 4.52 Å². The molecular formula is C11H9ClF2N2O. The smallest absolute Gasteiger partial charge is 0.261 e. The van der Waals surface area contributed by atoms with E-state index in [9.17, 15) is 8.78 Å². The van der Waals surface area contributed by atoms with Crippen LogP contribution in [0.1, 0.15) is 24.5 Å². The molecule has 0 spiro atoms. The standard InChI is InChI=1S/C11H9ClF2N2O/c1-2-8(12)10-15-11(17-16-10)7-5-6(13)3-4-9(7)14/h3-5,8H,2H2,1H3. The average Bonchev–Trinajstić information content (AvgIpc) is 2.80. The fourth-order valence-electron chi connectivity index (χ4n) is 1.32. The van der Waals surface area contributed by atoms with E-state index in [0.717, 1.165) is 18.2 Å².